The zero-order valence-electron chi connectivity index (χ0n) is 9.84. The quantitative estimate of drug-likeness (QED) is 0.608. The SMILES string of the molecule is CCC(C)=C1CC2CCC(C1)N2CC. The molecular formula is C13H23N. The molecule has 0 amide bonds. The molecule has 0 radical (unpaired) electrons. The van der Waals surface area contributed by atoms with Gasteiger partial charge in [0.15, 0.2) is 0 Å². The normalized spacial score (nSPS) is 32.4. The molecule has 2 aliphatic heterocycles. The molecule has 1 heteroatoms. The van der Waals surface area contributed by atoms with Crippen molar-refractivity contribution in [1.29, 1.82) is 0 Å². The fourth-order valence-electron chi connectivity index (χ4n) is 3.22. The highest BCUT2D eigenvalue weighted by Gasteiger charge is 2.37. The van der Waals surface area contributed by atoms with Gasteiger partial charge in [-0.2, -0.15) is 0 Å². The van der Waals surface area contributed by atoms with Crippen LogP contribution < -0.4 is 0 Å². The van der Waals surface area contributed by atoms with Crippen LogP contribution in [0.2, 0.25) is 0 Å². The number of fused-ring (bicyclic) bond motifs is 2. The second-order valence-electron chi connectivity index (χ2n) is 4.86. The Kier molecular flexibility index (Phi) is 2.96. The van der Waals surface area contributed by atoms with Gasteiger partial charge in [0.05, 0.1) is 0 Å². The Morgan fingerprint density at radius 2 is 1.79 bits per heavy atom. The van der Waals surface area contributed by atoms with E-state index in [1.807, 2.05) is 0 Å². The average molecular weight is 193 g/mol. The Morgan fingerprint density at radius 1 is 1.21 bits per heavy atom. The third-order valence-electron chi connectivity index (χ3n) is 4.23. The molecule has 0 aromatic rings. The van der Waals surface area contributed by atoms with Crippen LogP contribution in [-0.4, -0.2) is 23.5 Å². The Bertz CT molecular complexity index is 226. The van der Waals surface area contributed by atoms with Gasteiger partial charge in [0.1, 0.15) is 0 Å². The molecule has 0 aromatic carbocycles. The summed E-state index contributed by atoms with van der Waals surface area (Å²) < 4.78 is 0. The molecule has 2 saturated heterocycles. The molecule has 0 saturated carbocycles. The highest BCUT2D eigenvalue weighted by molar-refractivity contribution is 5.19. The van der Waals surface area contributed by atoms with E-state index in [1.165, 1.54) is 38.6 Å². The van der Waals surface area contributed by atoms with Crippen LogP contribution in [0.15, 0.2) is 11.1 Å². The first-order valence-corrected chi connectivity index (χ1v) is 6.19. The van der Waals surface area contributed by atoms with Gasteiger partial charge < -0.3 is 0 Å². The van der Waals surface area contributed by atoms with Gasteiger partial charge in [-0.05, 0) is 45.6 Å². The van der Waals surface area contributed by atoms with Crippen molar-refractivity contribution in [1.82, 2.24) is 4.90 Å². The number of hydrogen-bond donors (Lipinski definition) is 0. The first kappa shape index (κ1) is 10.2. The molecule has 0 spiro atoms. The summed E-state index contributed by atoms with van der Waals surface area (Å²) in [4.78, 5) is 2.73. The average Bonchev–Trinajstić information content (AvgIpc) is 2.46. The Balaban J connectivity index is 2.13. The van der Waals surface area contributed by atoms with Crippen LogP contribution in [0.4, 0.5) is 0 Å². The Labute approximate surface area is 88.2 Å². The second-order valence-corrected chi connectivity index (χ2v) is 4.86. The van der Waals surface area contributed by atoms with Crippen molar-refractivity contribution in [2.45, 2.75) is 65.0 Å². The third-order valence-corrected chi connectivity index (χ3v) is 4.23. The largest absolute Gasteiger partial charge is 0.297 e. The van der Waals surface area contributed by atoms with E-state index in [0.29, 0.717) is 0 Å². The maximum Gasteiger partial charge on any atom is 0.0136 e. The van der Waals surface area contributed by atoms with E-state index in [1.54, 1.807) is 11.1 Å². The summed E-state index contributed by atoms with van der Waals surface area (Å²) in [6, 6.07) is 1.77. The molecule has 80 valence electrons. The van der Waals surface area contributed by atoms with E-state index < -0.39 is 0 Å². The van der Waals surface area contributed by atoms with E-state index >= 15 is 0 Å². The van der Waals surface area contributed by atoms with Gasteiger partial charge in [-0.1, -0.05) is 25.0 Å². The molecule has 0 N–H and O–H groups in total. The smallest absolute Gasteiger partial charge is 0.0136 e. The van der Waals surface area contributed by atoms with E-state index in [4.69, 9.17) is 0 Å². The monoisotopic (exact) mass is 193 g/mol. The van der Waals surface area contributed by atoms with Crippen LogP contribution in [0.5, 0.6) is 0 Å². The van der Waals surface area contributed by atoms with Crippen molar-refractivity contribution in [3.05, 3.63) is 11.1 Å². The number of hydrogen-bond acceptors (Lipinski definition) is 1. The lowest BCUT2D eigenvalue weighted by molar-refractivity contribution is 0.175. The van der Waals surface area contributed by atoms with Crippen molar-refractivity contribution in [3.8, 4) is 0 Å². The van der Waals surface area contributed by atoms with Crippen LogP contribution in [0.25, 0.3) is 0 Å². The Hall–Kier alpha value is -0.300. The van der Waals surface area contributed by atoms with Crippen molar-refractivity contribution < 1.29 is 0 Å². The van der Waals surface area contributed by atoms with Gasteiger partial charge in [0.25, 0.3) is 0 Å². The molecule has 2 unspecified atom stereocenters. The van der Waals surface area contributed by atoms with Gasteiger partial charge in [0, 0.05) is 12.1 Å². The third kappa shape index (κ3) is 1.63. The summed E-state index contributed by atoms with van der Waals surface area (Å²) in [6.45, 7) is 8.19. The summed E-state index contributed by atoms with van der Waals surface area (Å²) in [5.41, 5.74) is 3.45. The molecule has 2 heterocycles. The summed E-state index contributed by atoms with van der Waals surface area (Å²) in [5.74, 6) is 0. The molecule has 1 nitrogen and oxygen atoms in total. The molecule has 2 atom stereocenters. The number of rotatable bonds is 2. The van der Waals surface area contributed by atoms with E-state index in [9.17, 15) is 0 Å². The van der Waals surface area contributed by atoms with Crippen molar-refractivity contribution >= 4 is 0 Å². The van der Waals surface area contributed by atoms with Crippen LogP contribution in [0.1, 0.15) is 52.9 Å². The Morgan fingerprint density at radius 3 is 2.21 bits per heavy atom. The minimum Gasteiger partial charge on any atom is -0.297 e. The predicted octanol–water partition coefficient (Wildman–Crippen LogP) is 3.36. The van der Waals surface area contributed by atoms with Crippen LogP contribution >= 0.6 is 0 Å². The lowest BCUT2D eigenvalue weighted by Crippen LogP contribution is -2.40. The summed E-state index contributed by atoms with van der Waals surface area (Å²) in [6.07, 6.45) is 6.87. The molecule has 0 aromatic heterocycles. The highest BCUT2D eigenvalue weighted by Crippen LogP contribution is 2.39. The van der Waals surface area contributed by atoms with E-state index in [-0.39, 0.29) is 0 Å². The number of nitrogens with zero attached hydrogens (tertiary/aromatic N) is 1. The molecule has 0 aliphatic carbocycles. The van der Waals surface area contributed by atoms with E-state index in [0.717, 1.165) is 12.1 Å². The molecule has 2 aliphatic rings. The van der Waals surface area contributed by atoms with Gasteiger partial charge >= 0.3 is 0 Å². The fraction of sp³-hybridized carbons (Fsp3) is 0.846. The second kappa shape index (κ2) is 4.06. The van der Waals surface area contributed by atoms with Crippen molar-refractivity contribution in [2.75, 3.05) is 6.54 Å². The van der Waals surface area contributed by atoms with Crippen LogP contribution in [0.3, 0.4) is 0 Å². The number of piperidine rings is 1. The fourth-order valence-corrected chi connectivity index (χ4v) is 3.22. The first-order valence-electron chi connectivity index (χ1n) is 6.19. The summed E-state index contributed by atoms with van der Waals surface area (Å²) in [5, 5.41) is 0. The van der Waals surface area contributed by atoms with Gasteiger partial charge in [-0.3, -0.25) is 4.90 Å². The first-order chi connectivity index (χ1) is 6.76. The van der Waals surface area contributed by atoms with Gasteiger partial charge in [-0.25, -0.2) is 0 Å². The maximum atomic E-state index is 2.73. The summed E-state index contributed by atoms with van der Waals surface area (Å²) in [7, 11) is 0. The zero-order chi connectivity index (χ0) is 10.1. The molecule has 2 rings (SSSR count). The van der Waals surface area contributed by atoms with Crippen LogP contribution in [-0.2, 0) is 0 Å². The van der Waals surface area contributed by atoms with Crippen molar-refractivity contribution in [3.63, 3.8) is 0 Å². The highest BCUT2D eigenvalue weighted by atomic mass is 15.2. The van der Waals surface area contributed by atoms with Gasteiger partial charge in [0.2, 0.25) is 0 Å². The molecular weight excluding hydrogens is 170 g/mol. The topological polar surface area (TPSA) is 3.24 Å². The molecule has 2 fully saturated rings. The van der Waals surface area contributed by atoms with E-state index in [2.05, 4.69) is 25.7 Å². The summed E-state index contributed by atoms with van der Waals surface area (Å²) >= 11 is 0. The van der Waals surface area contributed by atoms with Crippen molar-refractivity contribution in [2.24, 2.45) is 0 Å². The maximum absolute atomic E-state index is 2.73. The minimum atomic E-state index is 0.884. The van der Waals surface area contributed by atoms with Crippen LogP contribution in [0, 0.1) is 0 Å². The minimum absolute atomic E-state index is 0.884. The zero-order valence-corrected chi connectivity index (χ0v) is 9.84. The standard InChI is InChI=1S/C13H23N/c1-4-10(3)11-8-12-6-7-13(9-11)14(12)5-2/h12-13H,4-9H2,1-3H3. The lowest BCUT2D eigenvalue weighted by atomic mass is 9.92. The number of allylic oxidation sites excluding steroid dienone is 1. The molecule has 14 heavy (non-hydrogen) atoms. The lowest BCUT2D eigenvalue weighted by Gasteiger charge is -2.36. The molecule has 2 bridgehead atoms. The predicted molar refractivity (Wildman–Crippen MR) is 61.4 cm³/mol. The van der Waals surface area contributed by atoms with Gasteiger partial charge in [-0.15, -0.1) is 0 Å².